The highest BCUT2D eigenvalue weighted by Crippen LogP contribution is 2.40. The van der Waals surface area contributed by atoms with E-state index in [4.69, 9.17) is 4.74 Å². The van der Waals surface area contributed by atoms with Gasteiger partial charge in [0.25, 0.3) is 0 Å². The third-order valence-electron chi connectivity index (χ3n) is 4.78. The Hall–Kier alpha value is -2.84. The standard InChI is InChI=1S/C22H16BrF3N2O2/c23-17-7-9-19(10-8-17)30-14-21(29,22(24,25)26)16-6-11-20-15(12-16)13-27-28(20)18-4-2-1-3-5-18/h1-13,29H,14H2. The molecule has 0 saturated carbocycles. The Morgan fingerprint density at radius 2 is 1.67 bits per heavy atom. The van der Waals surface area contributed by atoms with Crippen molar-refractivity contribution >= 4 is 26.8 Å². The van der Waals surface area contributed by atoms with E-state index in [1.165, 1.54) is 36.5 Å². The van der Waals surface area contributed by atoms with Crippen molar-refractivity contribution in [1.29, 1.82) is 0 Å². The lowest BCUT2D eigenvalue weighted by Crippen LogP contribution is -2.47. The molecule has 0 radical (unpaired) electrons. The van der Waals surface area contributed by atoms with Gasteiger partial charge in [0, 0.05) is 9.86 Å². The fourth-order valence-corrected chi connectivity index (χ4v) is 3.38. The van der Waals surface area contributed by atoms with E-state index in [9.17, 15) is 18.3 Å². The lowest BCUT2D eigenvalue weighted by atomic mass is 9.93. The Morgan fingerprint density at radius 1 is 0.967 bits per heavy atom. The van der Waals surface area contributed by atoms with Crippen molar-refractivity contribution in [3.63, 3.8) is 0 Å². The molecular weight excluding hydrogens is 461 g/mol. The van der Waals surface area contributed by atoms with Crippen LogP contribution in [0.25, 0.3) is 16.6 Å². The number of para-hydroxylation sites is 1. The predicted octanol–water partition coefficient (Wildman–Crippen LogP) is 5.62. The van der Waals surface area contributed by atoms with Crippen LogP contribution in [-0.2, 0) is 5.60 Å². The average molecular weight is 477 g/mol. The molecule has 0 bridgehead atoms. The van der Waals surface area contributed by atoms with E-state index < -0.39 is 18.4 Å². The van der Waals surface area contributed by atoms with Gasteiger partial charge in [-0.25, -0.2) is 4.68 Å². The molecular formula is C22H16BrF3N2O2. The number of ether oxygens (including phenoxy) is 1. The third kappa shape index (κ3) is 3.80. The van der Waals surface area contributed by atoms with Crippen LogP contribution in [0.1, 0.15) is 5.56 Å². The van der Waals surface area contributed by atoms with E-state index >= 15 is 0 Å². The molecule has 154 valence electrons. The molecule has 1 heterocycles. The maximum Gasteiger partial charge on any atom is 0.424 e. The van der Waals surface area contributed by atoms with Crippen LogP contribution in [0.2, 0.25) is 0 Å². The first kappa shape index (κ1) is 20.4. The van der Waals surface area contributed by atoms with E-state index in [-0.39, 0.29) is 11.3 Å². The lowest BCUT2D eigenvalue weighted by Gasteiger charge is -2.30. The highest BCUT2D eigenvalue weighted by atomic mass is 79.9. The van der Waals surface area contributed by atoms with E-state index in [1.54, 1.807) is 16.8 Å². The van der Waals surface area contributed by atoms with Gasteiger partial charge in [-0.2, -0.15) is 18.3 Å². The molecule has 1 N–H and O–H groups in total. The van der Waals surface area contributed by atoms with Crippen molar-refractivity contribution in [3.05, 3.63) is 89.0 Å². The molecule has 0 aliphatic heterocycles. The van der Waals surface area contributed by atoms with Crippen LogP contribution in [0.4, 0.5) is 13.2 Å². The zero-order chi connectivity index (χ0) is 21.4. The molecule has 30 heavy (non-hydrogen) atoms. The minimum absolute atomic E-state index is 0.221. The number of alkyl halides is 3. The van der Waals surface area contributed by atoms with Crippen molar-refractivity contribution in [3.8, 4) is 11.4 Å². The summed E-state index contributed by atoms with van der Waals surface area (Å²) in [6, 6.07) is 19.6. The first-order valence-corrected chi connectivity index (χ1v) is 9.78. The fourth-order valence-electron chi connectivity index (χ4n) is 3.11. The molecule has 4 nitrogen and oxygen atoms in total. The minimum Gasteiger partial charge on any atom is -0.490 e. The second kappa shape index (κ2) is 7.77. The summed E-state index contributed by atoms with van der Waals surface area (Å²) in [6.45, 7) is -0.976. The third-order valence-corrected chi connectivity index (χ3v) is 5.31. The number of aromatic nitrogens is 2. The average Bonchev–Trinajstić information content (AvgIpc) is 3.16. The minimum atomic E-state index is -4.94. The van der Waals surface area contributed by atoms with Gasteiger partial charge in [-0.1, -0.05) is 40.2 Å². The molecule has 4 rings (SSSR count). The summed E-state index contributed by atoms with van der Waals surface area (Å²) in [6.07, 6.45) is -3.47. The van der Waals surface area contributed by atoms with Gasteiger partial charge in [0.1, 0.15) is 12.4 Å². The summed E-state index contributed by atoms with van der Waals surface area (Å²) in [4.78, 5) is 0. The van der Waals surface area contributed by atoms with Crippen molar-refractivity contribution < 1.29 is 23.0 Å². The number of fused-ring (bicyclic) bond motifs is 1. The van der Waals surface area contributed by atoms with Crippen LogP contribution in [-0.4, -0.2) is 27.7 Å². The summed E-state index contributed by atoms with van der Waals surface area (Å²) in [5.74, 6) is 0.221. The Labute approximate surface area is 178 Å². The predicted molar refractivity (Wildman–Crippen MR) is 111 cm³/mol. The number of rotatable bonds is 5. The van der Waals surface area contributed by atoms with Gasteiger partial charge in [-0.15, -0.1) is 0 Å². The Morgan fingerprint density at radius 3 is 2.33 bits per heavy atom. The Bertz CT molecular complexity index is 1160. The summed E-state index contributed by atoms with van der Waals surface area (Å²) < 4.78 is 49.3. The van der Waals surface area contributed by atoms with Crippen molar-refractivity contribution in [2.45, 2.75) is 11.8 Å². The summed E-state index contributed by atoms with van der Waals surface area (Å²) in [5.41, 5.74) is -2.08. The van der Waals surface area contributed by atoms with Crippen LogP contribution in [0.15, 0.2) is 83.5 Å². The van der Waals surface area contributed by atoms with Crippen LogP contribution < -0.4 is 4.74 Å². The van der Waals surface area contributed by atoms with Crippen LogP contribution >= 0.6 is 15.9 Å². The van der Waals surface area contributed by atoms with Crippen molar-refractivity contribution in [2.24, 2.45) is 0 Å². The molecule has 1 aromatic heterocycles. The molecule has 4 aromatic rings. The second-order valence-corrected chi connectivity index (χ2v) is 7.68. The quantitative estimate of drug-likeness (QED) is 0.406. The lowest BCUT2D eigenvalue weighted by molar-refractivity contribution is -0.275. The Balaban J connectivity index is 1.69. The first-order chi connectivity index (χ1) is 14.3. The monoisotopic (exact) mass is 476 g/mol. The van der Waals surface area contributed by atoms with Crippen LogP contribution in [0.3, 0.4) is 0 Å². The largest absolute Gasteiger partial charge is 0.490 e. The molecule has 1 atom stereocenters. The molecule has 8 heteroatoms. The molecule has 0 spiro atoms. The summed E-state index contributed by atoms with van der Waals surface area (Å²) >= 11 is 3.25. The first-order valence-electron chi connectivity index (χ1n) is 8.99. The molecule has 1 unspecified atom stereocenters. The number of hydrogen-bond acceptors (Lipinski definition) is 3. The number of nitrogens with zero attached hydrogens (tertiary/aromatic N) is 2. The number of halogens is 4. The second-order valence-electron chi connectivity index (χ2n) is 6.77. The number of aliphatic hydroxyl groups is 1. The molecule has 0 saturated heterocycles. The maximum atomic E-state index is 13.9. The SMILES string of the molecule is OC(COc1ccc(Br)cc1)(c1ccc2c(cnn2-c2ccccc2)c1)C(F)(F)F. The zero-order valence-corrected chi connectivity index (χ0v) is 17.1. The Kier molecular flexibility index (Phi) is 5.29. The normalized spacial score (nSPS) is 13.9. The molecule has 0 aliphatic rings. The van der Waals surface area contributed by atoms with Gasteiger partial charge in [0.15, 0.2) is 0 Å². The zero-order valence-electron chi connectivity index (χ0n) is 15.5. The molecule has 0 fully saturated rings. The topological polar surface area (TPSA) is 47.3 Å². The van der Waals surface area contributed by atoms with Gasteiger partial charge < -0.3 is 9.84 Å². The molecule has 0 amide bonds. The number of benzene rings is 3. The molecule has 3 aromatic carbocycles. The van der Waals surface area contributed by atoms with E-state index in [0.717, 1.165) is 10.2 Å². The fraction of sp³-hybridized carbons (Fsp3) is 0.136. The maximum absolute atomic E-state index is 13.9. The van der Waals surface area contributed by atoms with Gasteiger partial charge in [0.05, 0.1) is 17.4 Å². The van der Waals surface area contributed by atoms with Gasteiger partial charge in [-0.3, -0.25) is 0 Å². The summed E-state index contributed by atoms with van der Waals surface area (Å²) in [7, 11) is 0. The smallest absolute Gasteiger partial charge is 0.424 e. The van der Waals surface area contributed by atoms with E-state index in [0.29, 0.717) is 10.9 Å². The number of hydrogen-bond donors (Lipinski definition) is 1. The van der Waals surface area contributed by atoms with Crippen molar-refractivity contribution in [2.75, 3.05) is 6.61 Å². The van der Waals surface area contributed by atoms with Gasteiger partial charge in [-0.05, 0) is 54.1 Å². The highest BCUT2D eigenvalue weighted by Gasteiger charge is 2.56. The highest BCUT2D eigenvalue weighted by molar-refractivity contribution is 9.10. The van der Waals surface area contributed by atoms with Crippen LogP contribution in [0.5, 0.6) is 5.75 Å². The van der Waals surface area contributed by atoms with Crippen molar-refractivity contribution in [1.82, 2.24) is 9.78 Å². The van der Waals surface area contributed by atoms with E-state index in [2.05, 4.69) is 21.0 Å². The van der Waals surface area contributed by atoms with Gasteiger partial charge >= 0.3 is 6.18 Å². The summed E-state index contributed by atoms with van der Waals surface area (Å²) in [5, 5.41) is 15.4. The molecule has 0 aliphatic carbocycles. The van der Waals surface area contributed by atoms with E-state index in [1.807, 2.05) is 30.3 Å². The van der Waals surface area contributed by atoms with Crippen LogP contribution in [0, 0.1) is 0 Å². The van der Waals surface area contributed by atoms with Gasteiger partial charge in [0.2, 0.25) is 5.60 Å².